The zero-order chi connectivity index (χ0) is 25.7. The Labute approximate surface area is 210 Å². The molecule has 3 nitrogen and oxygen atoms in total. The molecule has 0 radical (unpaired) electrons. The minimum absolute atomic E-state index is 0.0313. The lowest BCUT2D eigenvalue weighted by Gasteiger charge is -2.26. The van der Waals surface area contributed by atoms with Crippen molar-refractivity contribution in [3.05, 3.63) is 112 Å². The summed E-state index contributed by atoms with van der Waals surface area (Å²) in [5.74, 6) is 0.0313. The van der Waals surface area contributed by atoms with Gasteiger partial charge in [0.2, 0.25) is 0 Å². The minimum Gasteiger partial charge on any atom is -0.339 e. The molecule has 3 aromatic rings. The summed E-state index contributed by atoms with van der Waals surface area (Å²) in [6.07, 6.45) is -2.83. The Bertz CT molecular complexity index is 1240. The molecule has 6 heteroatoms. The number of rotatable bonds is 8. The molecule has 0 spiro atoms. The predicted octanol–water partition coefficient (Wildman–Crippen LogP) is 6.73. The SMILES string of the molecule is CCN(CC)C(=O)c1ccc2c(c1)CCC(CNCc1ccccc1C(F)(F)F)=C2c1ccccc1. The third-order valence-electron chi connectivity index (χ3n) is 6.76. The van der Waals surface area contributed by atoms with E-state index in [9.17, 15) is 18.0 Å². The first-order valence-electron chi connectivity index (χ1n) is 12.4. The molecular formula is C30H31F3N2O. The molecule has 1 aliphatic carbocycles. The van der Waals surface area contributed by atoms with Gasteiger partial charge in [-0.2, -0.15) is 13.2 Å². The topological polar surface area (TPSA) is 32.3 Å². The second kappa shape index (κ2) is 11.1. The Hall–Kier alpha value is -3.38. The number of halogens is 3. The van der Waals surface area contributed by atoms with Crippen LogP contribution in [0.25, 0.3) is 5.57 Å². The maximum absolute atomic E-state index is 13.4. The van der Waals surface area contributed by atoms with Crippen LogP contribution in [-0.4, -0.2) is 30.4 Å². The first-order chi connectivity index (χ1) is 17.3. The van der Waals surface area contributed by atoms with E-state index in [1.807, 2.05) is 55.1 Å². The van der Waals surface area contributed by atoms with E-state index in [4.69, 9.17) is 0 Å². The van der Waals surface area contributed by atoms with Crippen molar-refractivity contribution < 1.29 is 18.0 Å². The average Bonchev–Trinajstić information content (AvgIpc) is 2.89. The lowest BCUT2D eigenvalue weighted by Crippen LogP contribution is -2.30. The molecule has 36 heavy (non-hydrogen) atoms. The highest BCUT2D eigenvalue weighted by molar-refractivity contribution is 5.96. The first-order valence-corrected chi connectivity index (χ1v) is 12.4. The lowest BCUT2D eigenvalue weighted by molar-refractivity contribution is -0.138. The molecule has 0 bridgehead atoms. The molecule has 0 fully saturated rings. The van der Waals surface area contributed by atoms with Crippen LogP contribution < -0.4 is 5.32 Å². The van der Waals surface area contributed by atoms with Crippen LogP contribution in [0.1, 0.15) is 58.4 Å². The summed E-state index contributed by atoms with van der Waals surface area (Å²) in [7, 11) is 0. The number of carbonyl (C=O) groups is 1. The number of alkyl halides is 3. The zero-order valence-electron chi connectivity index (χ0n) is 20.7. The van der Waals surface area contributed by atoms with E-state index in [-0.39, 0.29) is 18.0 Å². The van der Waals surface area contributed by atoms with E-state index in [1.54, 1.807) is 6.07 Å². The van der Waals surface area contributed by atoms with E-state index >= 15 is 0 Å². The van der Waals surface area contributed by atoms with Crippen molar-refractivity contribution in [2.75, 3.05) is 19.6 Å². The molecule has 1 aliphatic rings. The zero-order valence-corrected chi connectivity index (χ0v) is 20.7. The molecule has 0 heterocycles. The van der Waals surface area contributed by atoms with Crippen LogP contribution >= 0.6 is 0 Å². The first kappa shape index (κ1) is 25.7. The van der Waals surface area contributed by atoms with Gasteiger partial charge >= 0.3 is 6.18 Å². The second-order valence-electron chi connectivity index (χ2n) is 8.95. The van der Waals surface area contributed by atoms with Crippen molar-refractivity contribution in [3.8, 4) is 0 Å². The van der Waals surface area contributed by atoms with E-state index in [0.717, 1.165) is 46.7 Å². The monoisotopic (exact) mass is 492 g/mol. The van der Waals surface area contributed by atoms with E-state index < -0.39 is 11.7 Å². The van der Waals surface area contributed by atoms with Crippen LogP contribution in [-0.2, 0) is 19.1 Å². The molecule has 0 aliphatic heterocycles. The number of nitrogens with zero attached hydrogens (tertiary/aromatic N) is 1. The van der Waals surface area contributed by atoms with Gasteiger partial charge in [-0.25, -0.2) is 0 Å². The van der Waals surface area contributed by atoms with Gasteiger partial charge in [0.05, 0.1) is 5.56 Å². The smallest absolute Gasteiger partial charge is 0.339 e. The fraction of sp³-hybridized carbons (Fsp3) is 0.300. The van der Waals surface area contributed by atoms with Gasteiger partial charge < -0.3 is 10.2 Å². The average molecular weight is 493 g/mol. The van der Waals surface area contributed by atoms with Crippen LogP contribution in [0.15, 0.2) is 78.4 Å². The van der Waals surface area contributed by atoms with Crippen LogP contribution in [0.4, 0.5) is 13.2 Å². The summed E-state index contributed by atoms with van der Waals surface area (Å²) in [5, 5.41) is 3.26. The minimum atomic E-state index is -4.38. The Morgan fingerprint density at radius 3 is 2.28 bits per heavy atom. The maximum Gasteiger partial charge on any atom is 0.416 e. The highest BCUT2D eigenvalue weighted by Gasteiger charge is 2.32. The van der Waals surface area contributed by atoms with Crippen LogP contribution in [0.2, 0.25) is 0 Å². The van der Waals surface area contributed by atoms with Gasteiger partial charge in [-0.15, -0.1) is 0 Å². The number of carbonyl (C=O) groups excluding carboxylic acids is 1. The molecule has 4 rings (SSSR count). The van der Waals surface area contributed by atoms with Crippen molar-refractivity contribution in [2.45, 2.75) is 39.4 Å². The van der Waals surface area contributed by atoms with E-state index in [2.05, 4.69) is 17.4 Å². The highest BCUT2D eigenvalue weighted by Crippen LogP contribution is 2.37. The molecule has 0 unspecified atom stereocenters. The molecule has 188 valence electrons. The summed E-state index contributed by atoms with van der Waals surface area (Å²) in [4.78, 5) is 14.7. The third-order valence-corrected chi connectivity index (χ3v) is 6.76. The molecule has 0 saturated heterocycles. The molecule has 1 N–H and O–H groups in total. The van der Waals surface area contributed by atoms with Gasteiger partial charge in [0.15, 0.2) is 0 Å². The fourth-order valence-corrected chi connectivity index (χ4v) is 4.91. The number of aryl methyl sites for hydroxylation is 1. The van der Waals surface area contributed by atoms with E-state index in [1.165, 1.54) is 12.1 Å². The predicted molar refractivity (Wildman–Crippen MR) is 138 cm³/mol. The van der Waals surface area contributed by atoms with Crippen molar-refractivity contribution in [2.24, 2.45) is 0 Å². The van der Waals surface area contributed by atoms with E-state index in [0.29, 0.717) is 25.2 Å². The van der Waals surface area contributed by atoms with Crippen molar-refractivity contribution >= 4 is 11.5 Å². The highest BCUT2D eigenvalue weighted by atomic mass is 19.4. The van der Waals surface area contributed by atoms with Gasteiger partial charge in [-0.05, 0) is 78.3 Å². The number of hydrogen-bond donors (Lipinski definition) is 1. The molecule has 0 aromatic heterocycles. The number of benzene rings is 3. The summed E-state index contributed by atoms with van der Waals surface area (Å²) >= 11 is 0. The Balaban J connectivity index is 1.64. The van der Waals surface area contributed by atoms with Crippen molar-refractivity contribution in [1.29, 1.82) is 0 Å². The quantitative estimate of drug-likeness (QED) is 0.378. The largest absolute Gasteiger partial charge is 0.416 e. The van der Waals surface area contributed by atoms with Gasteiger partial charge in [-0.1, -0.05) is 54.6 Å². The molecule has 0 saturated carbocycles. The van der Waals surface area contributed by atoms with Crippen LogP contribution in [0.3, 0.4) is 0 Å². The maximum atomic E-state index is 13.4. The van der Waals surface area contributed by atoms with Gasteiger partial charge in [0, 0.05) is 31.7 Å². The number of hydrogen-bond acceptors (Lipinski definition) is 2. The van der Waals surface area contributed by atoms with Gasteiger partial charge in [-0.3, -0.25) is 4.79 Å². The number of fused-ring (bicyclic) bond motifs is 1. The number of amides is 1. The summed E-state index contributed by atoms with van der Waals surface area (Å²) in [5.41, 5.74) is 5.84. The second-order valence-corrected chi connectivity index (χ2v) is 8.95. The summed E-state index contributed by atoms with van der Waals surface area (Å²) < 4.78 is 40.2. The van der Waals surface area contributed by atoms with Crippen LogP contribution in [0, 0.1) is 0 Å². The molecule has 1 amide bonds. The normalized spacial score (nSPS) is 13.5. The van der Waals surface area contributed by atoms with Crippen molar-refractivity contribution in [1.82, 2.24) is 10.2 Å². The van der Waals surface area contributed by atoms with Gasteiger partial charge in [0.1, 0.15) is 0 Å². The summed E-state index contributed by atoms with van der Waals surface area (Å²) in [6, 6.07) is 21.6. The van der Waals surface area contributed by atoms with Crippen LogP contribution in [0.5, 0.6) is 0 Å². The number of nitrogens with one attached hydrogen (secondary N) is 1. The van der Waals surface area contributed by atoms with Gasteiger partial charge in [0.25, 0.3) is 5.91 Å². The molecule has 3 aromatic carbocycles. The fourth-order valence-electron chi connectivity index (χ4n) is 4.91. The summed E-state index contributed by atoms with van der Waals surface area (Å²) in [6.45, 7) is 5.88. The molecular weight excluding hydrogens is 461 g/mol. The Morgan fingerprint density at radius 1 is 0.889 bits per heavy atom. The van der Waals surface area contributed by atoms with Crippen molar-refractivity contribution in [3.63, 3.8) is 0 Å². The third kappa shape index (κ3) is 5.54. The Kier molecular flexibility index (Phi) is 7.94. The standard InChI is InChI=1S/C30H31F3N2O/c1-3-35(4-2)29(36)23-16-17-26-22(18-23)14-15-25(28(26)21-10-6-5-7-11-21)20-34-19-24-12-8-9-13-27(24)30(31,32)33/h5-13,16-18,34H,3-4,14-15,19-20H2,1-2H3. The Morgan fingerprint density at radius 2 is 1.58 bits per heavy atom. The molecule has 0 atom stereocenters. The lowest BCUT2D eigenvalue weighted by atomic mass is 9.81.